The number of aromatic nitrogens is 3. The van der Waals surface area contributed by atoms with Crippen LogP contribution in [0, 0.1) is 0 Å². The van der Waals surface area contributed by atoms with Gasteiger partial charge in [0.15, 0.2) is 5.52 Å². The second kappa shape index (κ2) is 9.96. The topological polar surface area (TPSA) is 124 Å². The van der Waals surface area contributed by atoms with Crippen LogP contribution in [0.2, 0.25) is 0 Å². The zero-order valence-electron chi connectivity index (χ0n) is 17.8. The van der Waals surface area contributed by atoms with Crippen molar-refractivity contribution in [3.63, 3.8) is 0 Å². The Balaban J connectivity index is 0.00000289. The molecular formula is C20H26N6O4S2. The minimum absolute atomic E-state index is 0. The number of nitrogens with two attached hydrogens (primary N) is 1. The third-order valence-electron chi connectivity index (χ3n) is 4.97. The Morgan fingerprint density at radius 1 is 1.22 bits per heavy atom. The molecule has 1 aliphatic rings. The van der Waals surface area contributed by atoms with Gasteiger partial charge in [-0.05, 0) is 18.2 Å². The number of rotatable bonds is 6. The smallest absolute Gasteiger partial charge is 0.277 e. The van der Waals surface area contributed by atoms with E-state index in [1.54, 1.807) is 12.4 Å². The van der Waals surface area contributed by atoms with Gasteiger partial charge in [0.05, 0.1) is 17.8 Å². The number of morpholine rings is 1. The van der Waals surface area contributed by atoms with Crippen molar-refractivity contribution in [2.75, 3.05) is 45.3 Å². The summed E-state index contributed by atoms with van der Waals surface area (Å²) >= 11 is 0. The van der Waals surface area contributed by atoms with Gasteiger partial charge in [0.1, 0.15) is 12.7 Å². The number of anilines is 1. The van der Waals surface area contributed by atoms with Gasteiger partial charge < -0.3 is 14.4 Å². The van der Waals surface area contributed by atoms with E-state index >= 15 is 0 Å². The summed E-state index contributed by atoms with van der Waals surface area (Å²) in [4.78, 5) is 15.4. The zero-order valence-corrected chi connectivity index (χ0v) is 19.6. The summed E-state index contributed by atoms with van der Waals surface area (Å²) in [5.41, 5.74) is 3.86. The molecule has 32 heavy (non-hydrogen) atoms. The molecule has 1 fully saturated rings. The van der Waals surface area contributed by atoms with E-state index in [4.69, 9.17) is 14.6 Å². The number of ether oxygens (including phenoxy) is 2. The van der Waals surface area contributed by atoms with Crippen LogP contribution >= 0.6 is 13.5 Å². The van der Waals surface area contributed by atoms with Gasteiger partial charge in [0.25, 0.3) is 10.2 Å². The fraction of sp³-hybridized carbons (Fsp3) is 0.350. The molecule has 0 amide bonds. The summed E-state index contributed by atoms with van der Waals surface area (Å²) in [6.45, 7) is 0.693. The lowest BCUT2D eigenvalue weighted by Crippen LogP contribution is -2.49. The fourth-order valence-corrected chi connectivity index (χ4v) is 4.02. The number of pyridine rings is 1. The summed E-state index contributed by atoms with van der Waals surface area (Å²) in [6, 6.07) is 9.85. The molecule has 2 aromatic heterocycles. The second-order valence-corrected chi connectivity index (χ2v) is 8.93. The largest absolute Gasteiger partial charge is 0.473 e. The number of fused-ring (bicyclic) bond motifs is 1. The molecule has 2 N–H and O–H groups in total. The lowest BCUT2D eigenvalue weighted by atomic mass is 10.1. The first-order valence-electron chi connectivity index (χ1n) is 9.73. The van der Waals surface area contributed by atoms with Crippen molar-refractivity contribution in [1.82, 2.24) is 19.3 Å². The first kappa shape index (κ1) is 24.1. The van der Waals surface area contributed by atoms with Crippen molar-refractivity contribution < 1.29 is 17.9 Å². The molecule has 0 saturated carbocycles. The highest BCUT2D eigenvalue weighted by atomic mass is 32.2. The van der Waals surface area contributed by atoms with Crippen molar-refractivity contribution in [3.05, 3.63) is 42.7 Å². The molecule has 3 heterocycles. The Hall–Kier alpha value is -2.51. The third kappa shape index (κ3) is 5.45. The highest BCUT2D eigenvalue weighted by Gasteiger charge is 2.27. The van der Waals surface area contributed by atoms with Crippen LogP contribution < -0.4 is 14.8 Å². The zero-order chi connectivity index (χ0) is 22.0. The standard InChI is InChI=1S/C20H24N6O4S.H2S/c1-25(2)15-5-3-14(4-6-15)17-11-18-19(23-8-7-22-18)20(24-17)30-13-16-12-26(9-10-29-16)31(21,27)28;/h3-8,11,16H,9-10,12-13H2,1-2H3,(H2,21,27,28);1H2/t16-;/m0./s1. The maximum absolute atomic E-state index is 11.6. The van der Waals surface area contributed by atoms with Gasteiger partial charge in [-0.15, -0.1) is 0 Å². The summed E-state index contributed by atoms with van der Waals surface area (Å²) in [7, 11) is 0.190. The van der Waals surface area contributed by atoms with E-state index in [9.17, 15) is 8.42 Å². The molecule has 1 aliphatic heterocycles. The monoisotopic (exact) mass is 478 g/mol. The van der Waals surface area contributed by atoms with E-state index in [0.29, 0.717) is 22.6 Å². The molecule has 4 rings (SSSR count). The van der Waals surface area contributed by atoms with Crippen LogP contribution in [-0.2, 0) is 14.9 Å². The summed E-state index contributed by atoms with van der Waals surface area (Å²) in [6.07, 6.45) is 2.71. The quantitative estimate of drug-likeness (QED) is 0.560. The van der Waals surface area contributed by atoms with E-state index < -0.39 is 16.3 Å². The number of benzene rings is 1. The molecule has 172 valence electrons. The Kier molecular flexibility index (Phi) is 7.51. The number of nitrogens with zero attached hydrogens (tertiary/aromatic N) is 5. The normalized spacial score (nSPS) is 17.0. The van der Waals surface area contributed by atoms with Gasteiger partial charge in [0, 0.05) is 50.8 Å². The van der Waals surface area contributed by atoms with Crippen molar-refractivity contribution in [1.29, 1.82) is 0 Å². The lowest BCUT2D eigenvalue weighted by molar-refractivity contribution is -0.0254. The lowest BCUT2D eigenvalue weighted by Gasteiger charge is -2.30. The van der Waals surface area contributed by atoms with Gasteiger partial charge in [-0.1, -0.05) is 12.1 Å². The van der Waals surface area contributed by atoms with E-state index in [2.05, 4.69) is 15.0 Å². The summed E-state index contributed by atoms with van der Waals surface area (Å²) in [5, 5.41) is 5.24. The number of hydrogen-bond acceptors (Lipinski definition) is 8. The minimum Gasteiger partial charge on any atom is -0.473 e. The maximum atomic E-state index is 11.6. The molecule has 0 bridgehead atoms. The van der Waals surface area contributed by atoms with Gasteiger partial charge in [-0.2, -0.15) is 26.2 Å². The van der Waals surface area contributed by atoms with Crippen molar-refractivity contribution in [3.8, 4) is 17.1 Å². The SMILES string of the molecule is CN(C)c1ccc(-c2cc3nccnc3c(OC[C@@H]3CN(S(N)(=O)=O)CCO3)n2)cc1.S. The Morgan fingerprint density at radius 3 is 2.62 bits per heavy atom. The molecule has 0 aliphatic carbocycles. The predicted molar refractivity (Wildman–Crippen MR) is 127 cm³/mol. The second-order valence-electron chi connectivity index (χ2n) is 7.38. The van der Waals surface area contributed by atoms with Crippen LogP contribution in [0.4, 0.5) is 5.69 Å². The van der Waals surface area contributed by atoms with Crippen LogP contribution in [0.15, 0.2) is 42.7 Å². The van der Waals surface area contributed by atoms with E-state index in [1.165, 1.54) is 4.31 Å². The molecule has 1 aromatic carbocycles. The molecule has 0 spiro atoms. The van der Waals surface area contributed by atoms with Crippen molar-refractivity contribution >= 4 is 40.4 Å². The first-order chi connectivity index (χ1) is 14.8. The van der Waals surface area contributed by atoms with Crippen LogP contribution in [0.1, 0.15) is 0 Å². The minimum atomic E-state index is -3.77. The van der Waals surface area contributed by atoms with Crippen LogP contribution in [0.25, 0.3) is 22.3 Å². The van der Waals surface area contributed by atoms with Gasteiger partial charge in [0.2, 0.25) is 5.88 Å². The van der Waals surface area contributed by atoms with Gasteiger partial charge in [-0.3, -0.25) is 4.98 Å². The molecule has 0 unspecified atom stereocenters. The maximum Gasteiger partial charge on any atom is 0.277 e. The van der Waals surface area contributed by atoms with Crippen LogP contribution in [-0.4, -0.2) is 74.2 Å². The predicted octanol–water partition coefficient (Wildman–Crippen LogP) is 1.15. The summed E-state index contributed by atoms with van der Waals surface area (Å²) in [5.74, 6) is 0.314. The summed E-state index contributed by atoms with van der Waals surface area (Å²) < 4.78 is 36.0. The van der Waals surface area contributed by atoms with Crippen LogP contribution in [0.5, 0.6) is 5.88 Å². The third-order valence-corrected chi connectivity index (χ3v) is 6.02. The van der Waals surface area contributed by atoms with E-state index in [0.717, 1.165) is 11.3 Å². The fourth-order valence-electron chi connectivity index (χ4n) is 3.32. The van der Waals surface area contributed by atoms with E-state index in [1.807, 2.05) is 49.3 Å². The van der Waals surface area contributed by atoms with Gasteiger partial charge in [-0.25, -0.2) is 15.1 Å². The molecule has 1 saturated heterocycles. The molecule has 10 nitrogen and oxygen atoms in total. The molecule has 12 heteroatoms. The highest BCUT2D eigenvalue weighted by Crippen LogP contribution is 2.28. The Morgan fingerprint density at radius 2 is 1.94 bits per heavy atom. The highest BCUT2D eigenvalue weighted by molar-refractivity contribution is 7.86. The van der Waals surface area contributed by atoms with Gasteiger partial charge >= 0.3 is 0 Å². The number of hydrogen-bond donors (Lipinski definition) is 1. The average Bonchev–Trinajstić information content (AvgIpc) is 2.77. The van der Waals surface area contributed by atoms with Crippen LogP contribution in [0.3, 0.4) is 0 Å². The van der Waals surface area contributed by atoms with E-state index in [-0.39, 0.29) is 39.8 Å². The Bertz CT molecular complexity index is 1170. The molecule has 1 atom stereocenters. The van der Waals surface area contributed by atoms with Crippen molar-refractivity contribution in [2.24, 2.45) is 5.14 Å². The molecular weight excluding hydrogens is 452 g/mol. The van der Waals surface area contributed by atoms with Crippen molar-refractivity contribution in [2.45, 2.75) is 6.10 Å². The molecule has 0 radical (unpaired) electrons. The average molecular weight is 479 g/mol. The molecule has 3 aromatic rings. The first-order valence-corrected chi connectivity index (χ1v) is 11.2. The Labute approximate surface area is 194 Å².